The summed E-state index contributed by atoms with van der Waals surface area (Å²) in [4.78, 5) is 24.7. The van der Waals surface area contributed by atoms with Crippen LogP contribution in [-0.4, -0.2) is 49.6 Å². The summed E-state index contributed by atoms with van der Waals surface area (Å²) in [6.07, 6.45) is 1.42. The molecule has 0 spiro atoms. The average molecular weight is 332 g/mol. The Labute approximate surface area is 127 Å². The highest BCUT2D eigenvalue weighted by molar-refractivity contribution is 7.90. The lowest BCUT2D eigenvalue weighted by molar-refractivity contribution is -0.141. The van der Waals surface area contributed by atoms with E-state index in [0.717, 1.165) is 6.26 Å². The molecule has 0 saturated carbocycles. The van der Waals surface area contributed by atoms with Gasteiger partial charge in [-0.1, -0.05) is 11.6 Å². The van der Waals surface area contributed by atoms with Crippen LogP contribution in [0, 0.1) is 5.92 Å². The van der Waals surface area contributed by atoms with Crippen LogP contribution in [0.25, 0.3) is 0 Å². The Bertz CT molecular complexity index is 701. The summed E-state index contributed by atoms with van der Waals surface area (Å²) < 4.78 is 23.1. The van der Waals surface area contributed by atoms with E-state index in [0.29, 0.717) is 13.0 Å². The molecule has 1 fully saturated rings. The predicted octanol–water partition coefficient (Wildman–Crippen LogP) is 1.29. The maximum atomic E-state index is 12.4. The minimum atomic E-state index is -3.45. The first-order valence-corrected chi connectivity index (χ1v) is 8.49. The lowest BCUT2D eigenvalue weighted by Gasteiger charge is -2.17. The van der Waals surface area contributed by atoms with Gasteiger partial charge in [-0.25, -0.2) is 8.42 Å². The van der Waals surface area contributed by atoms with Crippen molar-refractivity contribution in [2.45, 2.75) is 11.3 Å². The summed E-state index contributed by atoms with van der Waals surface area (Å²) in [5, 5.41) is 9.09. The first-order valence-electron chi connectivity index (χ1n) is 6.22. The maximum absolute atomic E-state index is 12.4. The van der Waals surface area contributed by atoms with E-state index in [1.54, 1.807) is 0 Å². The number of carboxylic acids is 1. The summed E-state index contributed by atoms with van der Waals surface area (Å²) in [6.45, 7) is 0.419. The van der Waals surface area contributed by atoms with E-state index in [2.05, 4.69) is 0 Å². The van der Waals surface area contributed by atoms with Crippen LogP contribution >= 0.6 is 11.6 Å². The molecular weight excluding hydrogens is 318 g/mol. The molecule has 1 aliphatic rings. The summed E-state index contributed by atoms with van der Waals surface area (Å²) in [5.74, 6) is -1.98. The molecule has 0 unspecified atom stereocenters. The largest absolute Gasteiger partial charge is 0.481 e. The summed E-state index contributed by atoms with van der Waals surface area (Å²) in [6, 6.07) is 3.92. The predicted molar refractivity (Wildman–Crippen MR) is 76.2 cm³/mol. The molecule has 1 aliphatic heterocycles. The van der Waals surface area contributed by atoms with Gasteiger partial charge in [-0.05, 0) is 24.6 Å². The van der Waals surface area contributed by atoms with Gasteiger partial charge in [0.15, 0.2) is 9.84 Å². The molecular formula is C13H14ClNO5S. The van der Waals surface area contributed by atoms with Crippen LogP contribution in [0.5, 0.6) is 0 Å². The molecule has 2 rings (SSSR count). The molecule has 1 saturated heterocycles. The fourth-order valence-electron chi connectivity index (χ4n) is 2.22. The number of carbonyl (C=O) groups excluding carboxylic acids is 1. The summed E-state index contributed by atoms with van der Waals surface area (Å²) in [7, 11) is -3.45. The topological polar surface area (TPSA) is 91.8 Å². The van der Waals surface area contributed by atoms with Crippen molar-refractivity contribution in [2.75, 3.05) is 19.3 Å². The van der Waals surface area contributed by atoms with Gasteiger partial charge in [-0.2, -0.15) is 0 Å². The number of carbonyl (C=O) groups is 2. The molecule has 8 heteroatoms. The third-order valence-electron chi connectivity index (χ3n) is 3.42. The van der Waals surface area contributed by atoms with Crippen molar-refractivity contribution in [3.05, 3.63) is 28.8 Å². The number of nitrogens with zero attached hydrogens (tertiary/aromatic N) is 1. The third-order valence-corrected chi connectivity index (χ3v) is 4.86. The second-order valence-electron chi connectivity index (χ2n) is 4.99. The third kappa shape index (κ3) is 3.36. The molecule has 21 heavy (non-hydrogen) atoms. The molecule has 0 bridgehead atoms. The number of halogens is 1. The normalized spacial score (nSPS) is 18.8. The molecule has 0 aliphatic carbocycles. The lowest BCUT2D eigenvalue weighted by Crippen LogP contribution is -2.30. The Morgan fingerprint density at radius 2 is 2.05 bits per heavy atom. The smallest absolute Gasteiger partial charge is 0.308 e. The van der Waals surface area contributed by atoms with Crippen molar-refractivity contribution in [1.82, 2.24) is 4.90 Å². The van der Waals surface area contributed by atoms with Crippen LogP contribution in [0.15, 0.2) is 23.1 Å². The van der Waals surface area contributed by atoms with Crippen molar-refractivity contribution in [1.29, 1.82) is 0 Å². The van der Waals surface area contributed by atoms with Gasteiger partial charge in [0.25, 0.3) is 5.91 Å². The van der Waals surface area contributed by atoms with Crippen LogP contribution in [-0.2, 0) is 14.6 Å². The van der Waals surface area contributed by atoms with Crippen molar-refractivity contribution in [2.24, 2.45) is 5.92 Å². The highest BCUT2D eigenvalue weighted by Crippen LogP contribution is 2.25. The number of amides is 1. The van der Waals surface area contributed by atoms with Crippen LogP contribution in [0.1, 0.15) is 16.8 Å². The lowest BCUT2D eigenvalue weighted by atomic mass is 10.1. The Morgan fingerprint density at radius 1 is 1.38 bits per heavy atom. The second-order valence-corrected chi connectivity index (χ2v) is 7.41. The Balaban J connectivity index is 2.30. The zero-order chi connectivity index (χ0) is 15.8. The van der Waals surface area contributed by atoms with Crippen molar-refractivity contribution in [3.63, 3.8) is 0 Å². The SMILES string of the molecule is CS(=O)(=O)c1ccc(Cl)c(C(=O)N2CC[C@H](C(=O)O)C2)c1. The minimum absolute atomic E-state index is 0.00392. The summed E-state index contributed by atoms with van der Waals surface area (Å²) in [5.41, 5.74) is 0.0747. The highest BCUT2D eigenvalue weighted by atomic mass is 35.5. The fourth-order valence-corrected chi connectivity index (χ4v) is 3.06. The fraction of sp³-hybridized carbons (Fsp3) is 0.385. The Kier molecular flexibility index (Phi) is 4.25. The number of benzene rings is 1. The monoisotopic (exact) mass is 331 g/mol. The van der Waals surface area contributed by atoms with Crippen LogP contribution in [0.3, 0.4) is 0 Å². The Morgan fingerprint density at radius 3 is 2.57 bits per heavy atom. The number of hydrogen-bond acceptors (Lipinski definition) is 4. The number of aliphatic carboxylic acids is 1. The number of hydrogen-bond donors (Lipinski definition) is 1. The summed E-state index contributed by atoms with van der Waals surface area (Å²) >= 11 is 5.96. The quantitative estimate of drug-likeness (QED) is 0.901. The number of rotatable bonds is 3. The molecule has 114 valence electrons. The van der Waals surface area contributed by atoms with Gasteiger partial charge in [0.05, 0.1) is 21.4 Å². The van der Waals surface area contributed by atoms with E-state index in [4.69, 9.17) is 16.7 Å². The first-order chi connectivity index (χ1) is 9.70. The molecule has 1 aromatic carbocycles. The molecule has 6 nitrogen and oxygen atoms in total. The molecule has 1 aromatic rings. The van der Waals surface area contributed by atoms with Crippen LogP contribution in [0.2, 0.25) is 5.02 Å². The number of sulfone groups is 1. The van der Waals surface area contributed by atoms with Gasteiger partial charge in [0.1, 0.15) is 0 Å². The second kappa shape index (κ2) is 5.65. The van der Waals surface area contributed by atoms with Crippen molar-refractivity contribution in [3.8, 4) is 0 Å². The van der Waals surface area contributed by atoms with Gasteiger partial charge in [-0.15, -0.1) is 0 Å². The molecule has 1 N–H and O–H groups in total. The molecule has 1 amide bonds. The van der Waals surface area contributed by atoms with E-state index >= 15 is 0 Å². The molecule has 0 radical (unpaired) electrons. The van der Waals surface area contributed by atoms with Crippen molar-refractivity contribution < 1.29 is 23.1 Å². The minimum Gasteiger partial charge on any atom is -0.481 e. The Hall–Kier alpha value is -1.60. The number of carboxylic acid groups (broad SMARTS) is 1. The van der Waals surface area contributed by atoms with E-state index in [1.165, 1.54) is 23.1 Å². The van der Waals surface area contributed by atoms with Crippen LogP contribution in [0.4, 0.5) is 0 Å². The van der Waals surface area contributed by atoms with Crippen LogP contribution < -0.4 is 0 Å². The standard InChI is InChI=1S/C13H14ClNO5S/c1-21(19,20)9-2-3-11(14)10(6-9)12(16)15-5-4-8(7-15)13(17)18/h2-3,6,8H,4-5,7H2,1H3,(H,17,18)/t8-/m0/s1. The van der Waals surface area contributed by atoms with Gasteiger partial charge in [-0.3, -0.25) is 9.59 Å². The van der Waals surface area contributed by atoms with Gasteiger partial charge in [0.2, 0.25) is 0 Å². The highest BCUT2D eigenvalue weighted by Gasteiger charge is 2.32. The van der Waals surface area contributed by atoms with Gasteiger partial charge >= 0.3 is 5.97 Å². The van der Waals surface area contributed by atoms with E-state index in [-0.39, 0.29) is 22.0 Å². The van der Waals surface area contributed by atoms with Gasteiger partial charge in [0, 0.05) is 19.3 Å². The molecule has 0 aromatic heterocycles. The maximum Gasteiger partial charge on any atom is 0.308 e. The number of likely N-dealkylation sites (tertiary alicyclic amines) is 1. The zero-order valence-electron chi connectivity index (χ0n) is 11.2. The average Bonchev–Trinajstić information content (AvgIpc) is 2.86. The van der Waals surface area contributed by atoms with E-state index in [1.807, 2.05) is 0 Å². The van der Waals surface area contributed by atoms with E-state index < -0.39 is 27.6 Å². The van der Waals surface area contributed by atoms with E-state index in [9.17, 15) is 18.0 Å². The zero-order valence-corrected chi connectivity index (χ0v) is 12.8. The first kappa shape index (κ1) is 15.8. The van der Waals surface area contributed by atoms with Crippen molar-refractivity contribution >= 4 is 33.3 Å². The molecule has 1 atom stereocenters. The van der Waals surface area contributed by atoms with Gasteiger partial charge < -0.3 is 10.0 Å². The molecule has 1 heterocycles.